The van der Waals surface area contributed by atoms with E-state index >= 15 is 0 Å². The third kappa shape index (κ3) is 8.94. The van der Waals surface area contributed by atoms with Gasteiger partial charge in [0, 0.05) is 13.0 Å². The summed E-state index contributed by atoms with van der Waals surface area (Å²) in [6, 6.07) is 15.1. The van der Waals surface area contributed by atoms with Gasteiger partial charge in [0.05, 0.1) is 6.61 Å². The third-order valence-electron chi connectivity index (χ3n) is 5.96. The van der Waals surface area contributed by atoms with Gasteiger partial charge in [-0.3, -0.25) is 9.69 Å². The molecule has 2 amide bonds. The standard InChI is InChI=1S/C30H38N2O6/c1-5-6-19-36-24-16-14-22(15-17-24)20-25(28(34)37-21-23-11-8-7-9-12-23)31-27(33)26-13-10-18-32(26)29(35)38-30(2,3)4/h5,7-9,11-12,14-17,25-26H,1,6,10,13,18-21H2,2-4H3,(H,31,33)/t25-,26-/m0/s1. The van der Waals surface area contributed by atoms with Gasteiger partial charge in [-0.1, -0.05) is 48.5 Å². The molecule has 0 bridgehead atoms. The molecule has 0 aliphatic carbocycles. The second kappa shape index (κ2) is 13.7. The van der Waals surface area contributed by atoms with Crippen molar-refractivity contribution in [1.29, 1.82) is 0 Å². The van der Waals surface area contributed by atoms with Crippen molar-refractivity contribution in [3.8, 4) is 5.75 Å². The topological polar surface area (TPSA) is 94.2 Å². The van der Waals surface area contributed by atoms with Crippen molar-refractivity contribution >= 4 is 18.0 Å². The first-order valence-electron chi connectivity index (χ1n) is 13.0. The Morgan fingerprint density at radius 1 is 1.08 bits per heavy atom. The van der Waals surface area contributed by atoms with Gasteiger partial charge in [0.1, 0.15) is 30.0 Å². The Morgan fingerprint density at radius 3 is 2.45 bits per heavy atom. The van der Waals surface area contributed by atoms with Gasteiger partial charge in [0.2, 0.25) is 5.91 Å². The molecule has 2 aromatic carbocycles. The van der Waals surface area contributed by atoms with Crippen LogP contribution in [0.3, 0.4) is 0 Å². The third-order valence-corrected chi connectivity index (χ3v) is 5.96. The van der Waals surface area contributed by atoms with E-state index in [0.29, 0.717) is 31.7 Å². The van der Waals surface area contributed by atoms with Crippen molar-refractivity contribution in [3.05, 3.63) is 78.4 Å². The number of likely N-dealkylation sites (tertiary alicyclic amines) is 1. The molecular weight excluding hydrogens is 484 g/mol. The lowest BCUT2D eigenvalue weighted by molar-refractivity contribution is -0.149. The monoisotopic (exact) mass is 522 g/mol. The van der Waals surface area contributed by atoms with Gasteiger partial charge in [0.25, 0.3) is 0 Å². The highest BCUT2D eigenvalue weighted by atomic mass is 16.6. The maximum absolute atomic E-state index is 13.3. The number of benzene rings is 2. The average Bonchev–Trinajstić information content (AvgIpc) is 3.38. The van der Waals surface area contributed by atoms with E-state index in [-0.39, 0.29) is 13.0 Å². The van der Waals surface area contributed by atoms with Crippen LogP contribution in [0.5, 0.6) is 5.75 Å². The zero-order valence-corrected chi connectivity index (χ0v) is 22.5. The van der Waals surface area contributed by atoms with Crippen LogP contribution in [-0.4, -0.2) is 53.7 Å². The number of rotatable bonds is 11. The Hall–Kier alpha value is -3.81. The van der Waals surface area contributed by atoms with E-state index in [1.165, 1.54) is 4.90 Å². The van der Waals surface area contributed by atoms with Gasteiger partial charge in [-0.25, -0.2) is 9.59 Å². The molecule has 0 aromatic heterocycles. The molecule has 3 rings (SSSR count). The van der Waals surface area contributed by atoms with Crippen LogP contribution in [0.4, 0.5) is 4.79 Å². The van der Waals surface area contributed by atoms with Gasteiger partial charge in [-0.2, -0.15) is 0 Å². The summed E-state index contributed by atoms with van der Waals surface area (Å²) in [5.41, 5.74) is 1.00. The molecule has 1 heterocycles. The SMILES string of the molecule is C=CCCOc1ccc(C[C@H](NC(=O)[C@@H]2CCCN2C(=O)OC(C)(C)C)C(=O)OCc2ccccc2)cc1. The minimum atomic E-state index is -0.931. The maximum atomic E-state index is 13.3. The Balaban J connectivity index is 1.70. The molecular formula is C30H38N2O6. The number of nitrogens with zero attached hydrogens (tertiary/aromatic N) is 1. The molecule has 1 aliphatic rings. The highest BCUT2D eigenvalue weighted by Crippen LogP contribution is 2.22. The summed E-state index contributed by atoms with van der Waals surface area (Å²) in [6.45, 7) is 10.1. The van der Waals surface area contributed by atoms with Crippen LogP contribution in [0.15, 0.2) is 67.3 Å². The molecule has 0 radical (unpaired) electrons. The summed E-state index contributed by atoms with van der Waals surface area (Å²) < 4.78 is 16.7. The van der Waals surface area contributed by atoms with E-state index in [1.54, 1.807) is 26.8 Å². The number of carbonyl (C=O) groups excluding carboxylic acids is 3. The molecule has 204 valence electrons. The Morgan fingerprint density at radius 2 is 1.79 bits per heavy atom. The molecule has 1 N–H and O–H groups in total. The van der Waals surface area contributed by atoms with Crippen molar-refractivity contribution < 1.29 is 28.6 Å². The number of hydrogen-bond acceptors (Lipinski definition) is 6. The second-order valence-electron chi connectivity index (χ2n) is 10.3. The summed E-state index contributed by atoms with van der Waals surface area (Å²) in [5.74, 6) is -0.239. The van der Waals surface area contributed by atoms with Crippen LogP contribution in [0, 0.1) is 0 Å². The summed E-state index contributed by atoms with van der Waals surface area (Å²) >= 11 is 0. The maximum Gasteiger partial charge on any atom is 0.410 e. The highest BCUT2D eigenvalue weighted by molar-refractivity contribution is 5.90. The molecule has 1 fully saturated rings. The van der Waals surface area contributed by atoms with E-state index in [1.807, 2.05) is 54.6 Å². The largest absolute Gasteiger partial charge is 0.493 e. The van der Waals surface area contributed by atoms with Gasteiger partial charge in [-0.05, 0) is 63.3 Å². The molecule has 0 unspecified atom stereocenters. The fraction of sp³-hybridized carbons (Fsp3) is 0.433. The highest BCUT2D eigenvalue weighted by Gasteiger charge is 2.38. The van der Waals surface area contributed by atoms with Crippen molar-refractivity contribution in [1.82, 2.24) is 10.2 Å². The number of amides is 2. The molecule has 2 atom stereocenters. The van der Waals surface area contributed by atoms with Crippen LogP contribution in [-0.2, 0) is 32.1 Å². The number of ether oxygens (including phenoxy) is 3. The predicted molar refractivity (Wildman–Crippen MR) is 145 cm³/mol. The Kier molecular flexibility index (Phi) is 10.3. The second-order valence-corrected chi connectivity index (χ2v) is 10.3. The van der Waals surface area contributed by atoms with Gasteiger partial charge in [0.15, 0.2) is 0 Å². The Labute approximate surface area is 224 Å². The first kappa shape index (κ1) is 28.8. The van der Waals surface area contributed by atoms with E-state index in [9.17, 15) is 14.4 Å². The number of carbonyl (C=O) groups is 3. The fourth-order valence-corrected chi connectivity index (χ4v) is 4.09. The lowest BCUT2D eigenvalue weighted by Crippen LogP contribution is -2.52. The van der Waals surface area contributed by atoms with Gasteiger partial charge >= 0.3 is 12.1 Å². The first-order chi connectivity index (χ1) is 18.2. The number of nitrogens with one attached hydrogen (secondary N) is 1. The quantitative estimate of drug-likeness (QED) is 0.259. The molecule has 1 aliphatic heterocycles. The van der Waals surface area contributed by atoms with Gasteiger partial charge < -0.3 is 19.5 Å². The minimum absolute atomic E-state index is 0.0928. The zero-order chi connectivity index (χ0) is 27.5. The van der Waals surface area contributed by atoms with E-state index in [0.717, 1.165) is 17.5 Å². The van der Waals surface area contributed by atoms with Gasteiger partial charge in [-0.15, -0.1) is 6.58 Å². The summed E-state index contributed by atoms with van der Waals surface area (Å²) in [7, 11) is 0. The summed E-state index contributed by atoms with van der Waals surface area (Å²) in [6.07, 6.45) is 3.39. The lowest BCUT2D eigenvalue weighted by atomic mass is 10.0. The summed E-state index contributed by atoms with van der Waals surface area (Å²) in [4.78, 5) is 40.6. The number of esters is 1. The molecule has 0 saturated carbocycles. The molecule has 8 nitrogen and oxygen atoms in total. The van der Waals surface area contributed by atoms with Crippen LogP contribution in [0.25, 0.3) is 0 Å². The van der Waals surface area contributed by atoms with Crippen LogP contribution in [0.1, 0.15) is 51.2 Å². The van der Waals surface area contributed by atoms with E-state index < -0.39 is 35.7 Å². The molecule has 8 heteroatoms. The van der Waals surface area contributed by atoms with E-state index in [4.69, 9.17) is 14.2 Å². The van der Waals surface area contributed by atoms with Crippen LogP contribution in [0.2, 0.25) is 0 Å². The normalized spacial score (nSPS) is 15.9. The van der Waals surface area contributed by atoms with Crippen molar-refractivity contribution in [3.63, 3.8) is 0 Å². The minimum Gasteiger partial charge on any atom is -0.493 e. The van der Waals surface area contributed by atoms with Crippen molar-refractivity contribution in [2.75, 3.05) is 13.2 Å². The molecule has 2 aromatic rings. The van der Waals surface area contributed by atoms with Crippen molar-refractivity contribution in [2.45, 2.75) is 70.7 Å². The zero-order valence-electron chi connectivity index (χ0n) is 22.5. The summed E-state index contributed by atoms with van der Waals surface area (Å²) in [5, 5.41) is 2.84. The lowest BCUT2D eigenvalue weighted by Gasteiger charge is -2.29. The van der Waals surface area contributed by atoms with Crippen molar-refractivity contribution in [2.24, 2.45) is 0 Å². The Bertz CT molecular complexity index is 1080. The van der Waals surface area contributed by atoms with E-state index in [2.05, 4.69) is 11.9 Å². The molecule has 1 saturated heterocycles. The molecule has 0 spiro atoms. The smallest absolute Gasteiger partial charge is 0.410 e. The fourth-order valence-electron chi connectivity index (χ4n) is 4.09. The molecule has 38 heavy (non-hydrogen) atoms. The average molecular weight is 523 g/mol. The number of hydrogen-bond donors (Lipinski definition) is 1. The van der Waals surface area contributed by atoms with Crippen LogP contribution >= 0.6 is 0 Å². The van der Waals surface area contributed by atoms with Crippen LogP contribution < -0.4 is 10.1 Å². The first-order valence-corrected chi connectivity index (χ1v) is 13.0. The predicted octanol–water partition coefficient (Wildman–Crippen LogP) is 4.81.